The molecule has 1 saturated heterocycles. The fourth-order valence-electron chi connectivity index (χ4n) is 3.46. The highest BCUT2D eigenvalue weighted by atomic mass is 19.1. The quantitative estimate of drug-likeness (QED) is 0.635. The molecule has 1 atom stereocenters. The first-order chi connectivity index (χ1) is 13.7. The first kappa shape index (κ1) is 19.2. The summed E-state index contributed by atoms with van der Waals surface area (Å²) in [6.07, 6.45) is 0.153. The van der Waals surface area contributed by atoms with Gasteiger partial charge in [0.25, 0.3) is 5.89 Å². The zero-order valence-electron chi connectivity index (χ0n) is 16.4. The van der Waals surface area contributed by atoms with E-state index in [0.717, 1.165) is 23.8 Å². The van der Waals surface area contributed by atoms with Crippen LogP contribution in [0.5, 0.6) is 0 Å². The van der Waals surface area contributed by atoms with Crippen molar-refractivity contribution in [1.29, 1.82) is 0 Å². The lowest BCUT2D eigenvalue weighted by molar-refractivity contribution is -0.117. The number of aromatic nitrogens is 2. The maximum Gasteiger partial charge on any atom is 0.257 e. The molecule has 1 fully saturated rings. The van der Waals surface area contributed by atoms with Gasteiger partial charge in [-0.1, -0.05) is 38.1 Å². The van der Waals surface area contributed by atoms with Gasteiger partial charge in [-0.2, -0.15) is 4.98 Å². The van der Waals surface area contributed by atoms with Gasteiger partial charge in [0.1, 0.15) is 11.6 Å². The fourth-order valence-corrected chi connectivity index (χ4v) is 3.46. The second-order valence-electron chi connectivity index (χ2n) is 8.32. The largest absolute Gasteiger partial charge is 0.334 e. The Hall–Kier alpha value is -3.09. The highest BCUT2D eigenvalue weighted by Crippen LogP contribution is 2.32. The molecule has 0 N–H and O–H groups in total. The van der Waals surface area contributed by atoms with Crippen LogP contribution in [-0.4, -0.2) is 22.6 Å². The Morgan fingerprint density at radius 3 is 2.34 bits per heavy atom. The Bertz CT molecular complexity index is 1030. The molecule has 0 bridgehead atoms. The second kappa shape index (κ2) is 7.06. The molecule has 5 nitrogen and oxygen atoms in total. The van der Waals surface area contributed by atoms with Crippen LogP contribution in [0.2, 0.25) is 0 Å². The van der Waals surface area contributed by atoms with Crippen molar-refractivity contribution in [2.45, 2.75) is 38.5 Å². The maximum atomic E-state index is 13.5. The number of halogens is 2. The molecule has 4 rings (SSSR count). The molecule has 0 radical (unpaired) electrons. The van der Waals surface area contributed by atoms with Crippen molar-refractivity contribution in [3.8, 4) is 11.5 Å². The van der Waals surface area contributed by atoms with Gasteiger partial charge in [0.15, 0.2) is 5.82 Å². The van der Waals surface area contributed by atoms with Gasteiger partial charge >= 0.3 is 0 Å². The number of nitrogens with zero attached hydrogens (tertiary/aromatic N) is 3. The molecular formula is C22H21F2N3O2. The summed E-state index contributed by atoms with van der Waals surface area (Å²) in [6.45, 7) is 6.66. The number of rotatable bonds is 3. The second-order valence-corrected chi connectivity index (χ2v) is 8.32. The summed E-state index contributed by atoms with van der Waals surface area (Å²) in [5, 5.41) is 4.03. The van der Waals surface area contributed by atoms with Crippen LogP contribution >= 0.6 is 0 Å². The van der Waals surface area contributed by atoms with Gasteiger partial charge in [0.05, 0.1) is 0 Å². The molecule has 7 heteroatoms. The molecule has 0 aliphatic carbocycles. The minimum atomic E-state index is -0.725. The average molecular weight is 397 g/mol. The number of anilines is 1. The van der Waals surface area contributed by atoms with Crippen LogP contribution in [0.25, 0.3) is 11.5 Å². The number of amides is 1. The van der Waals surface area contributed by atoms with Crippen LogP contribution in [0.1, 0.15) is 44.5 Å². The lowest BCUT2D eigenvalue weighted by Crippen LogP contribution is -2.24. The van der Waals surface area contributed by atoms with Crippen molar-refractivity contribution < 1.29 is 18.1 Å². The molecule has 29 heavy (non-hydrogen) atoms. The van der Waals surface area contributed by atoms with Crippen molar-refractivity contribution in [2.75, 3.05) is 11.4 Å². The van der Waals surface area contributed by atoms with Crippen LogP contribution in [-0.2, 0) is 10.2 Å². The first-order valence-electron chi connectivity index (χ1n) is 9.42. The summed E-state index contributed by atoms with van der Waals surface area (Å²) in [4.78, 5) is 18.2. The van der Waals surface area contributed by atoms with E-state index in [4.69, 9.17) is 4.52 Å². The normalized spacial score (nSPS) is 17.2. The highest BCUT2D eigenvalue weighted by molar-refractivity contribution is 5.96. The number of carbonyl (C=O) groups is 1. The molecule has 2 aromatic carbocycles. The molecule has 1 unspecified atom stereocenters. The van der Waals surface area contributed by atoms with E-state index < -0.39 is 11.6 Å². The predicted octanol–water partition coefficient (Wildman–Crippen LogP) is 4.83. The number of benzene rings is 2. The smallest absolute Gasteiger partial charge is 0.257 e. The zero-order chi connectivity index (χ0) is 20.8. The van der Waals surface area contributed by atoms with E-state index in [0.29, 0.717) is 11.7 Å². The Kier molecular flexibility index (Phi) is 4.68. The van der Waals surface area contributed by atoms with Crippen molar-refractivity contribution in [3.05, 3.63) is 65.5 Å². The van der Waals surface area contributed by atoms with Gasteiger partial charge in [0, 0.05) is 36.2 Å². The zero-order valence-corrected chi connectivity index (χ0v) is 16.4. The molecule has 1 amide bonds. The van der Waals surface area contributed by atoms with Crippen molar-refractivity contribution in [1.82, 2.24) is 10.1 Å². The van der Waals surface area contributed by atoms with Crippen LogP contribution < -0.4 is 4.90 Å². The molecule has 150 valence electrons. The van der Waals surface area contributed by atoms with Gasteiger partial charge in [-0.25, -0.2) is 8.78 Å². The topological polar surface area (TPSA) is 59.2 Å². The Labute approximate surface area is 167 Å². The van der Waals surface area contributed by atoms with Gasteiger partial charge in [-0.3, -0.25) is 4.79 Å². The van der Waals surface area contributed by atoms with E-state index in [9.17, 15) is 13.6 Å². The summed E-state index contributed by atoms with van der Waals surface area (Å²) < 4.78 is 32.4. The van der Waals surface area contributed by atoms with Crippen LogP contribution in [0.3, 0.4) is 0 Å². The van der Waals surface area contributed by atoms with E-state index in [1.165, 1.54) is 10.5 Å². The third-order valence-electron chi connectivity index (χ3n) is 5.09. The summed E-state index contributed by atoms with van der Waals surface area (Å²) in [7, 11) is 0. The van der Waals surface area contributed by atoms with E-state index in [2.05, 4.69) is 30.9 Å². The van der Waals surface area contributed by atoms with Crippen molar-refractivity contribution in [3.63, 3.8) is 0 Å². The summed E-state index contributed by atoms with van der Waals surface area (Å²) in [5.74, 6) is -1.20. The van der Waals surface area contributed by atoms with Gasteiger partial charge in [-0.15, -0.1) is 0 Å². The van der Waals surface area contributed by atoms with Crippen molar-refractivity contribution in [2.24, 2.45) is 0 Å². The van der Waals surface area contributed by atoms with Gasteiger partial charge in [0.2, 0.25) is 5.91 Å². The summed E-state index contributed by atoms with van der Waals surface area (Å²) >= 11 is 0. The average Bonchev–Trinajstić information content (AvgIpc) is 3.27. The minimum Gasteiger partial charge on any atom is -0.334 e. The standard InChI is InChI=1S/C22H21F2N3O2/c1-22(2,3)15-6-4-13(5-7-15)21-25-20(26-29-21)14-8-19(28)27(12-14)18-10-16(23)9-17(24)11-18/h4-7,9-11,14H,8,12H2,1-3H3. The highest BCUT2D eigenvalue weighted by Gasteiger charge is 2.35. The number of hydrogen-bond acceptors (Lipinski definition) is 4. The maximum absolute atomic E-state index is 13.5. The monoisotopic (exact) mass is 397 g/mol. The summed E-state index contributed by atoms with van der Waals surface area (Å²) in [6, 6.07) is 11.0. The third-order valence-corrected chi connectivity index (χ3v) is 5.09. The third kappa shape index (κ3) is 3.90. The first-order valence-corrected chi connectivity index (χ1v) is 9.42. The van der Waals surface area contributed by atoms with Gasteiger partial charge < -0.3 is 9.42 Å². The molecule has 0 saturated carbocycles. The molecule has 0 spiro atoms. The molecular weight excluding hydrogens is 376 g/mol. The number of carbonyl (C=O) groups excluding carboxylic acids is 1. The van der Waals surface area contributed by atoms with Crippen LogP contribution in [0.15, 0.2) is 47.0 Å². The predicted molar refractivity (Wildman–Crippen MR) is 105 cm³/mol. The fraction of sp³-hybridized carbons (Fsp3) is 0.318. The Morgan fingerprint density at radius 1 is 1.07 bits per heavy atom. The molecule has 3 aromatic rings. The SMILES string of the molecule is CC(C)(C)c1ccc(-c2nc(C3CC(=O)N(c4cc(F)cc(F)c4)C3)no2)cc1. The summed E-state index contributed by atoms with van der Waals surface area (Å²) in [5.41, 5.74) is 2.23. The van der Waals surface area contributed by atoms with Crippen LogP contribution in [0, 0.1) is 11.6 Å². The van der Waals surface area contributed by atoms with Crippen molar-refractivity contribution >= 4 is 11.6 Å². The lowest BCUT2D eigenvalue weighted by atomic mass is 9.87. The van der Waals surface area contributed by atoms with E-state index >= 15 is 0 Å². The minimum absolute atomic E-state index is 0.0442. The van der Waals surface area contributed by atoms with E-state index in [1.54, 1.807) is 0 Å². The molecule has 1 aromatic heterocycles. The van der Waals surface area contributed by atoms with E-state index in [-0.39, 0.29) is 35.9 Å². The number of hydrogen-bond donors (Lipinski definition) is 0. The molecule has 2 heterocycles. The Morgan fingerprint density at radius 2 is 1.72 bits per heavy atom. The molecule has 1 aliphatic heterocycles. The lowest BCUT2D eigenvalue weighted by Gasteiger charge is -2.18. The van der Waals surface area contributed by atoms with Crippen LogP contribution in [0.4, 0.5) is 14.5 Å². The van der Waals surface area contributed by atoms with Gasteiger partial charge in [-0.05, 0) is 35.2 Å². The Balaban J connectivity index is 1.53. The van der Waals surface area contributed by atoms with E-state index in [1.807, 2.05) is 24.3 Å². The molecule has 1 aliphatic rings.